The average Bonchev–Trinajstić information content (AvgIpc) is 2.79. The molecule has 25 heavy (non-hydrogen) atoms. The van der Waals surface area contributed by atoms with Crippen LogP contribution in [0.5, 0.6) is 0 Å². The smallest absolute Gasteiger partial charge is 0.349 e. The number of hydrogen-bond donors (Lipinski definition) is 0. The van der Waals surface area contributed by atoms with E-state index in [1.807, 2.05) is 38.1 Å². The van der Waals surface area contributed by atoms with Crippen molar-refractivity contribution in [3.05, 3.63) is 51.3 Å². The zero-order valence-corrected chi connectivity index (χ0v) is 15.7. The summed E-state index contributed by atoms with van der Waals surface area (Å²) in [5.41, 5.74) is 4.05. The molecule has 0 saturated carbocycles. The first-order valence-electron chi connectivity index (χ1n) is 7.90. The molecule has 0 spiro atoms. The Kier molecular flexibility index (Phi) is 5.66. The molecule has 1 aromatic carbocycles. The number of carbonyl (C=O) groups is 1. The number of nitrogens with zero attached hydrogens (tertiary/aromatic N) is 3. The summed E-state index contributed by atoms with van der Waals surface area (Å²) in [6.07, 6.45) is 1.12. The third kappa shape index (κ3) is 4.09. The predicted molar refractivity (Wildman–Crippen MR) is 97.6 cm³/mol. The van der Waals surface area contributed by atoms with Crippen LogP contribution in [-0.2, 0) is 9.53 Å². The first-order chi connectivity index (χ1) is 11.7. The second-order valence-corrected chi connectivity index (χ2v) is 6.47. The molecule has 6 heteroatoms. The second kappa shape index (κ2) is 7.54. The van der Waals surface area contributed by atoms with E-state index < -0.39 is 5.97 Å². The summed E-state index contributed by atoms with van der Waals surface area (Å²) in [5, 5.41) is 14.1. The van der Waals surface area contributed by atoms with Gasteiger partial charge in [0.1, 0.15) is 16.8 Å². The number of aromatic nitrogens is 2. The van der Waals surface area contributed by atoms with E-state index >= 15 is 0 Å². The number of rotatable bonds is 4. The number of benzene rings is 1. The molecule has 0 amide bonds. The topological polar surface area (TPSA) is 67.9 Å². The Bertz CT molecular complexity index is 889. The molecule has 1 aromatic heterocycles. The lowest BCUT2D eigenvalue weighted by Crippen LogP contribution is -2.12. The van der Waals surface area contributed by atoms with Gasteiger partial charge in [0.05, 0.1) is 17.5 Å². The van der Waals surface area contributed by atoms with Crippen molar-refractivity contribution in [1.29, 1.82) is 5.26 Å². The number of hydrogen-bond acceptors (Lipinski definition) is 4. The highest BCUT2D eigenvalue weighted by atomic mass is 35.5. The van der Waals surface area contributed by atoms with Crippen LogP contribution >= 0.6 is 11.6 Å². The van der Waals surface area contributed by atoms with Gasteiger partial charge >= 0.3 is 5.97 Å². The first-order valence-corrected chi connectivity index (χ1v) is 8.28. The molecule has 0 radical (unpaired) electrons. The number of halogens is 1. The van der Waals surface area contributed by atoms with E-state index in [0.717, 1.165) is 16.8 Å². The van der Waals surface area contributed by atoms with Gasteiger partial charge in [-0.05, 0) is 52.3 Å². The molecule has 0 aliphatic carbocycles. The minimum atomic E-state index is -0.674. The van der Waals surface area contributed by atoms with Gasteiger partial charge in [-0.2, -0.15) is 10.4 Å². The van der Waals surface area contributed by atoms with E-state index in [0.29, 0.717) is 16.4 Å². The highest BCUT2D eigenvalue weighted by molar-refractivity contribution is 6.31. The number of esters is 1. The standard InChI is InChI=1S/C19H20ClN3O2/c1-11(2)25-19(24)15(10-21)9-16-14(5)22-23(18(16)20)17-7-6-12(3)8-13(17)4/h6-9,11H,1-5H3/b15-9+. The molecule has 0 atom stereocenters. The van der Waals surface area contributed by atoms with Crippen LogP contribution in [0.15, 0.2) is 23.8 Å². The maximum absolute atomic E-state index is 12.0. The molecule has 2 rings (SSSR count). The van der Waals surface area contributed by atoms with Crippen LogP contribution in [0.3, 0.4) is 0 Å². The van der Waals surface area contributed by atoms with Crippen molar-refractivity contribution in [3.63, 3.8) is 0 Å². The molecular formula is C19H20ClN3O2. The molecule has 0 bridgehead atoms. The Hall–Kier alpha value is -2.58. The van der Waals surface area contributed by atoms with Crippen molar-refractivity contribution >= 4 is 23.6 Å². The summed E-state index contributed by atoms with van der Waals surface area (Å²) in [7, 11) is 0. The third-order valence-corrected chi connectivity index (χ3v) is 3.96. The van der Waals surface area contributed by atoms with Gasteiger partial charge in [0.15, 0.2) is 0 Å². The molecule has 2 aromatic rings. The minimum Gasteiger partial charge on any atom is -0.459 e. The highest BCUT2D eigenvalue weighted by Gasteiger charge is 2.18. The van der Waals surface area contributed by atoms with Crippen molar-refractivity contribution in [2.75, 3.05) is 0 Å². The first kappa shape index (κ1) is 18.8. The third-order valence-electron chi connectivity index (χ3n) is 3.60. The van der Waals surface area contributed by atoms with Crippen molar-refractivity contribution in [2.45, 2.75) is 40.7 Å². The van der Waals surface area contributed by atoms with Gasteiger partial charge in [-0.3, -0.25) is 0 Å². The van der Waals surface area contributed by atoms with Gasteiger partial charge < -0.3 is 4.74 Å². The summed E-state index contributed by atoms with van der Waals surface area (Å²) in [5.74, 6) is -0.674. The molecule has 0 unspecified atom stereocenters. The van der Waals surface area contributed by atoms with E-state index in [-0.39, 0.29) is 11.7 Å². The summed E-state index contributed by atoms with van der Waals surface area (Å²) in [4.78, 5) is 12.0. The zero-order chi connectivity index (χ0) is 18.7. The van der Waals surface area contributed by atoms with Crippen LogP contribution in [0.4, 0.5) is 0 Å². The van der Waals surface area contributed by atoms with Crippen LogP contribution in [0.1, 0.15) is 36.2 Å². The van der Waals surface area contributed by atoms with Crippen LogP contribution in [0.25, 0.3) is 11.8 Å². The van der Waals surface area contributed by atoms with Gasteiger partial charge in [-0.25, -0.2) is 9.48 Å². The Morgan fingerprint density at radius 2 is 2.04 bits per heavy atom. The zero-order valence-electron chi connectivity index (χ0n) is 14.9. The fourth-order valence-electron chi connectivity index (χ4n) is 2.44. The van der Waals surface area contributed by atoms with Crippen molar-refractivity contribution in [3.8, 4) is 11.8 Å². The van der Waals surface area contributed by atoms with Crippen molar-refractivity contribution < 1.29 is 9.53 Å². The van der Waals surface area contributed by atoms with Gasteiger partial charge in [0, 0.05) is 5.56 Å². The lowest BCUT2D eigenvalue weighted by Gasteiger charge is -2.08. The van der Waals surface area contributed by atoms with Crippen LogP contribution in [-0.4, -0.2) is 21.9 Å². The van der Waals surface area contributed by atoms with E-state index in [4.69, 9.17) is 16.3 Å². The van der Waals surface area contributed by atoms with Gasteiger partial charge in [0.2, 0.25) is 0 Å². The van der Waals surface area contributed by atoms with E-state index in [2.05, 4.69) is 5.10 Å². The molecule has 0 aliphatic heterocycles. The summed E-state index contributed by atoms with van der Waals surface area (Å²) in [6.45, 7) is 9.22. The molecule has 0 fully saturated rings. The Labute approximate surface area is 152 Å². The highest BCUT2D eigenvalue weighted by Crippen LogP contribution is 2.27. The number of nitriles is 1. The lowest BCUT2D eigenvalue weighted by molar-refractivity contribution is -0.142. The normalized spacial score (nSPS) is 11.5. The number of aryl methyl sites for hydroxylation is 3. The van der Waals surface area contributed by atoms with Crippen molar-refractivity contribution in [1.82, 2.24) is 9.78 Å². The SMILES string of the molecule is Cc1ccc(-n2nc(C)c(/C=C(\C#N)C(=O)OC(C)C)c2Cl)c(C)c1. The minimum absolute atomic E-state index is 0.112. The fraction of sp³-hybridized carbons (Fsp3) is 0.316. The molecule has 1 heterocycles. The molecular weight excluding hydrogens is 338 g/mol. The second-order valence-electron chi connectivity index (χ2n) is 6.12. The van der Waals surface area contributed by atoms with E-state index in [1.165, 1.54) is 6.08 Å². The Morgan fingerprint density at radius 1 is 1.36 bits per heavy atom. The molecule has 0 N–H and O–H groups in total. The Balaban J connectivity index is 2.51. The van der Waals surface area contributed by atoms with Crippen LogP contribution < -0.4 is 0 Å². The van der Waals surface area contributed by atoms with Crippen LogP contribution in [0, 0.1) is 32.1 Å². The van der Waals surface area contributed by atoms with Gasteiger partial charge in [-0.15, -0.1) is 0 Å². The lowest BCUT2D eigenvalue weighted by atomic mass is 10.1. The number of ether oxygens (including phenoxy) is 1. The quantitative estimate of drug-likeness (QED) is 0.464. The summed E-state index contributed by atoms with van der Waals surface area (Å²) >= 11 is 6.48. The molecule has 0 aliphatic rings. The fourth-order valence-corrected chi connectivity index (χ4v) is 2.76. The molecule has 0 saturated heterocycles. The van der Waals surface area contributed by atoms with E-state index in [1.54, 1.807) is 25.5 Å². The predicted octanol–water partition coefficient (Wildman–Crippen LogP) is 4.31. The van der Waals surface area contributed by atoms with Crippen molar-refractivity contribution in [2.24, 2.45) is 0 Å². The summed E-state index contributed by atoms with van der Waals surface area (Å²) < 4.78 is 6.69. The Morgan fingerprint density at radius 3 is 2.60 bits per heavy atom. The van der Waals surface area contributed by atoms with E-state index in [9.17, 15) is 10.1 Å². The van der Waals surface area contributed by atoms with Crippen LogP contribution in [0.2, 0.25) is 5.15 Å². The monoisotopic (exact) mass is 357 g/mol. The van der Waals surface area contributed by atoms with Gasteiger partial charge in [-0.1, -0.05) is 29.3 Å². The maximum atomic E-state index is 12.0. The largest absolute Gasteiger partial charge is 0.459 e. The van der Waals surface area contributed by atoms with Gasteiger partial charge in [0.25, 0.3) is 0 Å². The summed E-state index contributed by atoms with van der Waals surface area (Å²) in [6, 6.07) is 7.83. The molecule has 5 nitrogen and oxygen atoms in total. The number of carbonyl (C=O) groups excluding carboxylic acids is 1. The maximum Gasteiger partial charge on any atom is 0.349 e. The molecule has 130 valence electrons. The average molecular weight is 358 g/mol.